The summed E-state index contributed by atoms with van der Waals surface area (Å²) < 4.78 is 2.02. The maximum Gasteiger partial charge on any atom is 0.254 e. The number of nitrogens with one attached hydrogen (secondary N) is 1. The van der Waals surface area contributed by atoms with Gasteiger partial charge in [-0.05, 0) is 84.2 Å². The third-order valence-corrected chi connectivity index (χ3v) is 8.02. The maximum atomic E-state index is 13.7. The summed E-state index contributed by atoms with van der Waals surface area (Å²) in [6, 6.07) is 14.7. The Labute approximate surface area is 205 Å². The molecule has 2 aromatic carbocycles. The van der Waals surface area contributed by atoms with Crippen molar-refractivity contribution < 1.29 is 0 Å². The Morgan fingerprint density at radius 1 is 1.03 bits per heavy atom. The molecule has 4 aromatic rings. The first-order valence-corrected chi connectivity index (χ1v) is 12.9. The molecular formula is C28H32N6O. The lowest BCUT2D eigenvalue weighted by atomic mass is 9.93. The molecular weight excluding hydrogens is 436 g/mol. The number of nitrogens with zero attached hydrogens (tertiary/aromatic N) is 5. The lowest BCUT2D eigenvalue weighted by molar-refractivity contribution is 0.313. The normalized spacial score (nSPS) is 17.5. The van der Waals surface area contributed by atoms with Crippen LogP contribution in [0.3, 0.4) is 0 Å². The average Bonchev–Trinajstić information content (AvgIpc) is 3.37. The van der Waals surface area contributed by atoms with Crippen LogP contribution in [0.5, 0.6) is 0 Å². The zero-order chi connectivity index (χ0) is 23.9. The molecule has 2 aliphatic rings. The fourth-order valence-electron chi connectivity index (χ4n) is 5.99. The Hall–Kier alpha value is -3.48. The number of aryl methyl sites for hydroxylation is 3. The molecule has 7 nitrogen and oxygen atoms in total. The summed E-state index contributed by atoms with van der Waals surface area (Å²) in [6.07, 6.45) is 7.87. The van der Waals surface area contributed by atoms with Crippen molar-refractivity contribution in [1.29, 1.82) is 0 Å². The molecule has 1 aliphatic heterocycles. The molecule has 180 valence electrons. The molecule has 0 bridgehead atoms. The molecule has 1 saturated carbocycles. The van der Waals surface area contributed by atoms with E-state index in [0.29, 0.717) is 5.56 Å². The van der Waals surface area contributed by atoms with Gasteiger partial charge >= 0.3 is 0 Å². The van der Waals surface area contributed by atoms with Gasteiger partial charge in [-0.1, -0.05) is 49.6 Å². The van der Waals surface area contributed by atoms with Crippen molar-refractivity contribution >= 4 is 16.6 Å². The van der Waals surface area contributed by atoms with Gasteiger partial charge in [0.05, 0.1) is 11.6 Å². The Morgan fingerprint density at radius 2 is 1.86 bits per heavy atom. The van der Waals surface area contributed by atoms with Crippen LogP contribution in [-0.4, -0.2) is 31.7 Å². The third-order valence-electron chi connectivity index (χ3n) is 8.02. The Morgan fingerprint density at radius 3 is 2.71 bits per heavy atom. The predicted octanol–water partition coefficient (Wildman–Crippen LogP) is 5.18. The van der Waals surface area contributed by atoms with Crippen LogP contribution in [0.2, 0.25) is 0 Å². The fraction of sp³-hybridized carbons (Fsp3) is 0.429. The minimum absolute atomic E-state index is 0.0718. The average molecular weight is 469 g/mol. The van der Waals surface area contributed by atoms with Crippen LogP contribution >= 0.6 is 0 Å². The van der Waals surface area contributed by atoms with Crippen LogP contribution in [0.25, 0.3) is 10.9 Å². The zero-order valence-corrected chi connectivity index (χ0v) is 20.5. The van der Waals surface area contributed by atoms with E-state index in [2.05, 4.69) is 81.7 Å². The second-order valence-corrected chi connectivity index (χ2v) is 10.1. The molecule has 3 heterocycles. The number of aromatic amines is 1. The van der Waals surface area contributed by atoms with Crippen molar-refractivity contribution in [2.24, 2.45) is 0 Å². The summed E-state index contributed by atoms with van der Waals surface area (Å²) in [7, 11) is 0. The van der Waals surface area contributed by atoms with E-state index in [9.17, 15) is 4.79 Å². The predicted molar refractivity (Wildman–Crippen MR) is 138 cm³/mol. The highest BCUT2D eigenvalue weighted by atomic mass is 16.1. The molecule has 0 radical (unpaired) electrons. The molecule has 0 amide bonds. The largest absolute Gasteiger partial charge is 0.357 e. The second kappa shape index (κ2) is 8.95. The molecule has 1 aliphatic carbocycles. The number of fused-ring (bicyclic) bond motifs is 2. The third kappa shape index (κ3) is 3.83. The lowest BCUT2D eigenvalue weighted by Crippen LogP contribution is -2.39. The highest BCUT2D eigenvalue weighted by molar-refractivity contribution is 5.83. The first-order chi connectivity index (χ1) is 17.1. The standard InChI is InChI=1S/C28H32N6O/c1-18-14-15-21-17-23(28(35)29-25(21)19(18)2)26(33-16-8-10-20-9-6-7-13-24(20)33)27-30-31-32-34(27)22-11-4-3-5-12-22/h6-7,9,13-15,17,22,26H,3-5,8,10-12,16H2,1-2H3,(H,29,35)/t26-/m0/s1. The number of tetrazole rings is 1. The summed E-state index contributed by atoms with van der Waals surface area (Å²) in [5.74, 6) is 0.766. The van der Waals surface area contributed by atoms with Crippen LogP contribution in [0.4, 0.5) is 5.69 Å². The van der Waals surface area contributed by atoms with E-state index in [4.69, 9.17) is 0 Å². The van der Waals surface area contributed by atoms with E-state index in [1.54, 1.807) is 0 Å². The quantitative estimate of drug-likeness (QED) is 0.446. The molecule has 2 aromatic heterocycles. The topological polar surface area (TPSA) is 79.7 Å². The van der Waals surface area contributed by atoms with Gasteiger partial charge < -0.3 is 9.88 Å². The maximum absolute atomic E-state index is 13.7. The van der Waals surface area contributed by atoms with Crippen molar-refractivity contribution in [3.8, 4) is 0 Å². The summed E-state index contributed by atoms with van der Waals surface area (Å²) in [4.78, 5) is 19.3. The van der Waals surface area contributed by atoms with Gasteiger partial charge in [-0.2, -0.15) is 0 Å². The molecule has 0 saturated heterocycles. The van der Waals surface area contributed by atoms with Crippen molar-refractivity contribution in [1.82, 2.24) is 25.2 Å². The summed E-state index contributed by atoms with van der Waals surface area (Å²) in [5.41, 5.74) is 6.29. The van der Waals surface area contributed by atoms with Crippen LogP contribution in [0.15, 0.2) is 47.3 Å². The number of H-pyrrole nitrogens is 1. The van der Waals surface area contributed by atoms with Crippen LogP contribution < -0.4 is 10.5 Å². The first-order valence-electron chi connectivity index (χ1n) is 12.9. The van der Waals surface area contributed by atoms with Gasteiger partial charge in [0.15, 0.2) is 5.82 Å². The minimum Gasteiger partial charge on any atom is -0.357 e. The van der Waals surface area contributed by atoms with Gasteiger partial charge in [-0.3, -0.25) is 4.79 Å². The number of pyridine rings is 1. The summed E-state index contributed by atoms with van der Waals surface area (Å²) in [5, 5.41) is 14.2. The van der Waals surface area contributed by atoms with Gasteiger partial charge in [-0.25, -0.2) is 4.68 Å². The van der Waals surface area contributed by atoms with Gasteiger partial charge in [0.25, 0.3) is 5.56 Å². The van der Waals surface area contributed by atoms with Gasteiger partial charge in [-0.15, -0.1) is 5.10 Å². The van der Waals surface area contributed by atoms with Gasteiger partial charge in [0.2, 0.25) is 0 Å². The van der Waals surface area contributed by atoms with E-state index in [0.717, 1.165) is 54.5 Å². The van der Waals surface area contributed by atoms with Gasteiger partial charge in [0, 0.05) is 17.8 Å². The number of rotatable bonds is 4. The van der Waals surface area contributed by atoms with Crippen molar-refractivity contribution in [3.05, 3.63) is 80.9 Å². The molecule has 0 unspecified atom stereocenters. The molecule has 35 heavy (non-hydrogen) atoms. The number of hydrogen-bond acceptors (Lipinski definition) is 5. The van der Waals surface area contributed by atoms with E-state index in [1.165, 1.54) is 36.1 Å². The van der Waals surface area contributed by atoms with Crippen molar-refractivity contribution in [2.45, 2.75) is 70.9 Å². The van der Waals surface area contributed by atoms with Crippen molar-refractivity contribution in [3.63, 3.8) is 0 Å². The summed E-state index contributed by atoms with van der Waals surface area (Å²) >= 11 is 0. The Balaban J connectivity index is 1.56. The van der Waals surface area contributed by atoms with Crippen LogP contribution in [0, 0.1) is 13.8 Å². The van der Waals surface area contributed by atoms with E-state index >= 15 is 0 Å². The van der Waals surface area contributed by atoms with Crippen LogP contribution in [-0.2, 0) is 6.42 Å². The smallest absolute Gasteiger partial charge is 0.254 e. The molecule has 7 heteroatoms. The zero-order valence-electron chi connectivity index (χ0n) is 20.5. The van der Waals surface area contributed by atoms with Gasteiger partial charge in [0.1, 0.15) is 6.04 Å². The number of aromatic nitrogens is 5. The number of benzene rings is 2. The molecule has 1 fully saturated rings. The number of anilines is 1. The Kier molecular flexibility index (Phi) is 5.63. The highest BCUT2D eigenvalue weighted by Crippen LogP contribution is 2.38. The monoisotopic (exact) mass is 468 g/mol. The first kappa shape index (κ1) is 22.0. The Bertz CT molecular complexity index is 1430. The molecule has 1 N–H and O–H groups in total. The number of para-hydroxylation sites is 1. The van der Waals surface area contributed by atoms with Crippen LogP contribution in [0.1, 0.15) is 78.7 Å². The molecule has 0 spiro atoms. The second-order valence-electron chi connectivity index (χ2n) is 10.1. The highest BCUT2D eigenvalue weighted by Gasteiger charge is 2.34. The fourth-order valence-corrected chi connectivity index (χ4v) is 5.99. The van der Waals surface area contributed by atoms with E-state index in [-0.39, 0.29) is 17.6 Å². The van der Waals surface area contributed by atoms with E-state index in [1.807, 2.05) is 4.68 Å². The molecule has 6 rings (SSSR count). The SMILES string of the molecule is Cc1ccc2cc([C@@H](c3nnnn3C3CCCCC3)N3CCCc4ccccc43)c(=O)[nH]c2c1C. The number of hydrogen-bond donors (Lipinski definition) is 1. The minimum atomic E-state index is -0.358. The van der Waals surface area contributed by atoms with Crippen molar-refractivity contribution in [2.75, 3.05) is 11.4 Å². The summed E-state index contributed by atoms with van der Waals surface area (Å²) in [6.45, 7) is 4.99. The lowest BCUT2D eigenvalue weighted by Gasteiger charge is -2.38. The molecule has 1 atom stereocenters. The van der Waals surface area contributed by atoms with E-state index < -0.39 is 0 Å².